The molecule has 1 unspecified atom stereocenters. The van der Waals surface area contributed by atoms with Gasteiger partial charge in [0.1, 0.15) is 0 Å². The molecule has 0 aliphatic carbocycles. The fourth-order valence-electron chi connectivity index (χ4n) is 2.30. The lowest BCUT2D eigenvalue weighted by molar-refractivity contribution is -0.119. The number of hydrogen-bond donors (Lipinski definition) is 1. The van der Waals surface area contributed by atoms with Gasteiger partial charge in [0, 0.05) is 40.4 Å². The Balaban J connectivity index is 2.04. The molecule has 1 N–H and O–H groups in total. The van der Waals surface area contributed by atoms with Crippen LogP contribution in [-0.4, -0.2) is 82.7 Å². The normalized spacial score (nSPS) is 20.5. The Morgan fingerprint density at radius 2 is 1.72 bits per heavy atom. The van der Waals surface area contributed by atoms with Crippen molar-refractivity contribution in [3.8, 4) is 0 Å². The second-order valence-electron chi connectivity index (χ2n) is 5.08. The minimum atomic E-state index is -0.159. The van der Waals surface area contributed by atoms with Crippen molar-refractivity contribution in [1.29, 1.82) is 0 Å². The zero-order chi connectivity index (χ0) is 13.4. The van der Waals surface area contributed by atoms with E-state index in [0.29, 0.717) is 0 Å². The first-order chi connectivity index (χ1) is 8.67. The molecule has 0 amide bonds. The Morgan fingerprint density at radius 3 is 2.28 bits per heavy atom. The van der Waals surface area contributed by atoms with Crippen molar-refractivity contribution < 1.29 is 9.47 Å². The van der Waals surface area contributed by atoms with Crippen LogP contribution in [-0.2, 0) is 9.47 Å². The molecule has 0 radical (unpaired) electrons. The summed E-state index contributed by atoms with van der Waals surface area (Å²) >= 11 is 0. The number of nitrogens with one attached hydrogen (secondary N) is 1. The highest BCUT2D eigenvalue weighted by Crippen LogP contribution is 2.01. The van der Waals surface area contributed by atoms with Crippen LogP contribution in [0.5, 0.6) is 0 Å². The zero-order valence-electron chi connectivity index (χ0n) is 12.3. The minimum Gasteiger partial charge on any atom is -0.354 e. The van der Waals surface area contributed by atoms with E-state index in [9.17, 15) is 0 Å². The molecule has 1 heterocycles. The molecule has 1 rings (SSSR count). The Labute approximate surface area is 111 Å². The van der Waals surface area contributed by atoms with Crippen molar-refractivity contribution in [2.75, 3.05) is 60.5 Å². The highest BCUT2D eigenvalue weighted by atomic mass is 16.7. The Hall–Kier alpha value is -0.200. The number of methoxy groups -OCH3 is 2. The van der Waals surface area contributed by atoms with E-state index in [0.717, 1.165) is 6.54 Å². The van der Waals surface area contributed by atoms with Gasteiger partial charge in [0.25, 0.3) is 0 Å². The van der Waals surface area contributed by atoms with Gasteiger partial charge in [-0.25, -0.2) is 0 Å². The predicted octanol–water partition coefficient (Wildman–Crippen LogP) is 0.221. The van der Waals surface area contributed by atoms with Crippen LogP contribution in [0, 0.1) is 0 Å². The van der Waals surface area contributed by atoms with Gasteiger partial charge in [-0.3, -0.25) is 0 Å². The van der Waals surface area contributed by atoms with Gasteiger partial charge < -0.3 is 24.6 Å². The van der Waals surface area contributed by atoms with E-state index in [1.54, 1.807) is 14.2 Å². The Kier molecular flexibility index (Phi) is 7.77. The molecule has 108 valence electrons. The number of piperazine rings is 1. The molecular formula is C13H29N3O2. The second-order valence-corrected chi connectivity index (χ2v) is 5.08. The van der Waals surface area contributed by atoms with Crippen LogP contribution < -0.4 is 5.32 Å². The van der Waals surface area contributed by atoms with Crippen LogP contribution in [0.2, 0.25) is 0 Å². The van der Waals surface area contributed by atoms with Gasteiger partial charge >= 0.3 is 0 Å². The Morgan fingerprint density at radius 1 is 1.11 bits per heavy atom. The number of likely N-dealkylation sites (N-methyl/N-ethyl adjacent to an activating group) is 1. The Bertz CT molecular complexity index is 204. The monoisotopic (exact) mass is 259 g/mol. The topological polar surface area (TPSA) is 37.0 Å². The van der Waals surface area contributed by atoms with Gasteiger partial charge in [-0.05, 0) is 33.5 Å². The smallest absolute Gasteiger partial charge is 0.171 e. The van der Waals surface area contributed by atoms with Crippen LogP contribution in [0.4, 0.5) is 0 Å². The van der Waals surface area contributed by atoms with Crippen LogP contribution in [0.25, 0.3) is 0 Å². The molecular weight excluding hydrogens is 230 g/mol. The van der Waals surface area contributed by atoms with E-state index in [-0.39, 0.29) is 12.3 Å². The standard InChI is InChI=1S/C13H29N3O2/c1-12(13(17-3)18-4)14-6-5-7-16-10-8-15(2)9-11-16/h12-14H,5-11H2,1-4H3. The molecule has 0 bridgehead atoms. The maximum Gasteiger partial charge on any atom is 0.171 e. The molecule has 1 aliphatic heterocycles. The highest BCUT2D eigenvalue weighted by molar-refractivity contribution is 4.70. The van der Waals surface area contributed by atoms with Crippen molar-refractivity contribution in [1.82, 2.24) is 15.1 Å². The maximum atomic E-state index is 5.22. The summed E-state index contributed by atoms with van der Waals surface area (Å²) < 4.78 is 10.4. The first-order valence-electron chi connectivity index (χ1n) is 6.87. The second kappa shape index (κ2) is 8.82. The molecule has 1 aliphatic rings. The van der Waals surface area contributed by atoms with E-state index in [2.05, 4.69) is 29.1 Å². The van der Waals surface area contributed by atoms with Gasteiger partial charge in [-0.15, -0.1) is 0 Å². The summed E-state index contributed by atoms with van der Waals surface area (Å²) in [5.74, 6) is 0. The van der Waals surface area contributed by atoms with Crippen molar-refractivity contribution in [2.45, 2.75) is 25.7 Å². The van der Waals surface area contributed by atoms with Crippen molar-refractivity contribution in [3.05, 3.63) is 0 Å². The average Bonchev–Trinajstić information content (AvgIpc) is 2.38. The van der Waals surface area contributed by atoms with Gasteiger partial charge in [0.05, 0.1) is 6.04 Å². The summed E-state index contributed by atoms with van der Waals surface area (Å²) in [5, 5.41) is 3.45. The molecule has 0 aromatic carbocycles. The highest BCUT2D eigenvalue weighted by Gasteiger charge is 2.15. The third kappa shape index (κ3) is 5.63. The predicted molar refractivity (Wildman–Crippen MR) is 73.8 cm³/mol. The summed E-state index contributed by atoms with van der Waals surface area (Å²) in [6.45, 7) is 9.07. The first kappa shape index (κ1) is 15.9. The molecule has 18 heavy (non-hydrogen) atoms. The van der Waals surface area contributed by atoms with Crippen molar-refractivity contribution in [2.24, 2.45) is 0 Å². The van der Waals surface area contributed by atoms with Gasteiger partial charge in [-0.2, -0.15) is 0 Å². The maximum absolute atomic E-state index is 5.22. The summed E-state index contributed by atoms with van der Waals surface area (Å²) in [7, 11) is 5.55. The first-order valence-corrected chi connectivity index (χ1v) is 6.87. The molecule has 0 saturated carbocycles. The number of ether oxygens (including phenoxy) is 2. The number of rotatable bonds is 8. The molecule has 5 nitrogen and oxygen atoms in total. The summed E-state index contributed by atoms with van der Waals surface area (Å²) in [4.78, 5) is 4.93. The minimum absolute atomic E-state index is 0.159. The van der Waals surface area contributed by atoms with Gasteiger partial charge in [0.15, 0.2) is 6.29 Å². The molecule has 1 atom stereocenters. The van der Waals surface area contributed by atoms with Gasteiger partial charge in [-0.1, -0.05) is 0 Å². The van der Waals surface area contributed by atoms with Crippen molar-refractivity contribution in [3.63, 3.8) is 0 Å². The lowest BCUT2D eigenvalue weighted by Gasteiger charge is -2.32. The molecule has 0 aromatic rings. The van der Waals surface area contributed by atoms with Crippen LogP contribution >= 0.6 is 0 Å². The number of hydrogen-bond acceptors (Lipinski definition) is 5. The molecule has 0 spiro atoms. The van der Waals surface area contributed by atoms with E-state index in [1.165, 1.54) is 39.1 Å². The van der Waals surface area contributed by atoms with Crippen LogP contribution in [0.3, 0.4) is 0 Å². The lowest BCUT2D eigenvalue weighted by atomic mass is 10.2. The quantitative estimate of drug-likeness (QED) is 0.498. The van der Waals surface area contributed by atoms with Crippen LogP contribution in [0.15, 0.2) is 0 Å². The van der Waals surface area contributed by atoms with E-state index in [1.807, 2.05) is 0 Å². The zero-order valence-corrected chi connectivity index (χ0v) is 12.3. The fraction of sp³-hybridized carbons (Fsp3) is 1.00. The molecule has 5 heteroatoms. The largest absolute Gasteiger partial charge is 0.354 e. The summed E-state index contributed by atoms with van der Waals surface area (Å²) in [6, 6.07) is 0.229. The van der Waals surface area contributed by atoms with Crippen molar-refractivity contribution >= 4 is 0 Å². The summed E-state index contributed by atoms with van der Waals surface area (Å²) in [6.07, 6.45) is 1.02. The molecule has 1 saturated heterocycles. The SMILES string of the molecule is COC(OC)C(C)NCCCN1CCN(C)CC1. The van der Waals surface area contributed by atoms with E-state index in [4.69, 9.17) is 9.47 Å². The third-order valence-electron chi connectivity index (χ3n) is 3.59. The van der Waals surface area contributed by atoms with E-state index >= 15 is 0 Å². The average molecular weight is 259 g/mol. The summed E-state index contributed by atoms with van der Waals surface area (Å²) in [5.41, 5.74) is 0. The molecule has 0 aromatic heterocycles. The lowest BCUT2D eigenvalue weighted by Crippen LogP contribution is -2.45. The van der Waals surface area contributed by atoms with Crippen LogP contribution in [0.1, 0.15) is 13.3 Å². The fourth-order valence-corrected chi connectivity index (χ4v) is 2.30. The van der Waals surface area contributed by atoms with E-state index < -0.39 is 0 Å². The number of nitrogens with zero attached hydrogens (tertiary/aromatic N) is 2. The third-order valence-corrected chi connectivity index (χ3v) is 3.59. The molecule has 1 fully saturated rings. The van der Waals surface area contributed by atoms with Gasteiger partial charge in [0.2, 0.25) is 0 Å².